The molecular weight excluding hydrogens is 262 g/mol. The Morgan fingerprint density at radius 2 is 1.95 bits per heavy atom. The average Bonchev–Trinajstić information content (AvgIpc) is 2.47. The van der Waals surface area contributed by atoms with E-state index in [9.17, 15) is 4.79 Å². The molecule has 0 aromatic heterocycles. The first-order valence-corrected chi connectivity index (χ1v) is 7.73. The summed E-state index contributed by atoms with van der Waals surface area (Å²) in [5, 5.41) is 11.8. The molecule has 1 aromatic rings. The second-order valence-electron chi connectivity index (χ2n) is 5.61. The highest BCUT2D eigenvalue weighted by molar-refractivity contribution is 5.78. The van der Waals surface area contributed by atoms with Crippen molar-refractivity contribution in [1.29, 1.82) is 0 Å². The first-order chi connectivity index (χ1) is 10.1. The zero-order chi connectivity index (χ0) is 15.7. The molecule has 0 radical (unpaired) electrons. The number of benzene rings is 1. The Balaban J connectivity index is 2.44. The van der Waals surface area contributed by atoms with E-state index in [1.54, 1.807) is 0 Å². The monoisotopic (exact) mass is 289 g/mol. The third-order valence-electron chi connectivity index (χ3n) is 3.55. The van der Waals surface area contributed by atoms with Gasteiger partial charge in [-0.3, -0.25) is 4.79 Å². The number of aliphatic hydroxyl groups is 1. The van der Waals surface area contributed by atoms with Crippen LogP contribution in [0.15, 0.2) is 30.3 Å². The average molecular weight is 289 g/mol. The molecule has 0 heterocycles. The van der Waals surface area contributed by atoms with E-state index >= 15 is 0 Å². The van der Waals surface area contributed by atoms with Crippen LogP contribution in [0.5, 0.6) is 0 Å². The first kappa shape index (κ1) is 17.4. The predicted octanol–water partition coefficient (Wildman–Crippen LogP) is 3.49. The number of aliphatic hydroxyl groups excluding tert-OH is 1. The Kier molecular flexibility index (Phi) is 7.76. The van der Waals surface area contributed by atoms with E-state index in [1.807, 2.05) is 19.1 Å². The topological polar surface area (TPSA) is 49.3 Å². The largest absolute Gasteiger partial charge is 0.396 e. The van der Waals surface area contributed by atoms with E-state index in [0.717, 1.165) is 12.0 Å². The lowest BCUT2D eigenvalue weighted by Crippen LogP contribution is -2.34. The highest BCUT2D eigenvalue weighted by Gasteiger charge is 2.08. The van der Waals surface area contributed by atoms with Crippen LogP contribution in [0.3, 0.4) is 0 Å². The molecule has 1 amide bonds. The molecule has 1 unspecified atom stereocenters. The van der Waals surface area contributed by atoms with Gasteiger partial charge in [-0.05, 0) is 29.9 Å². The minimum Gasteiger partial charge on any atom is -0.396 e. The number of hydrogen-bond acceptors (Lipinski definition) is 2. The van der Waals surface area contributed by atoms with Gasteiger partial charge in [0.25, 0.3) is 0 Å². The number of amides is 1. The minimum absolute atomic E-state index is 0.00495. The molecule has 0 aliphatic rings. The number of hydrogen-bond donors (Lipinski definition) is 2. The van der Waals surface area contributed by atoms with Crippen molar-refractivity contribution < 1.29 is 9.90 Å². The summed E-state index contributed by atoms with van der Waals surface area (Å²) in [7, 11) is 0. The molecule has 0 saturated carbocycles. The van der Waals surface area contributed by atoms with Crippen LogP contribution in [-0.4, -0.2) is 23.7 Å². The minimum atomic E-state index is 0.00495. The van der Waals surface area contributed by atoms with Crippen LogP contribution < -0.4 is 5.32 Å². The van der Waals surface area contributed by atoms with Crippen molar-refractivity contribution in [2.45, 2.75) is 52.0 Å². The third kappa shape index (κ3) is 6.58. The molecule has 3 heteroatoms. The van der Waals surface area contributed by atoms with E-state index in [0.29, 0.717) is 18.8 Å². The van der Waals surface area contributed by atoms with Gasteiger partial charge in [-0.1, -0.05) is 57.2 Å². The summed E-state index contributed by atoms with van der Waals surface area (Å²) in [4.78, 5) is 11.8. The molecule has 0 bridgehead atoms. The molecule has 0 aliphatic carbocycles. The van der Waals surface area contributed by atoms with Gasteiger partial charge in [-0.2, -0.15) is 0 Å². The van der Waals surface area contributed by atoms with E-state index in [2.05, 4.69) is 43.4 Å². The highest BCUT2D eigenvalue weighted by atomic mass is 16.3. The third-order valence-corrected chi connectivity index (χ3v) is 3.55. The zero-order valence-electron chi connectivity index (χ0n) is 13.3. The Labute approximate surface area is 128 Å². The summed E-state index contributed by atoms with van der Waals surface area (Å²) in [6.07, 6.45) is 5.67. The van der Waals surface area contributed by atoms with E-state index in [4.69, 9.17) is 5.11 Å². The lowest BCUT2D eigenvalue weighted by Gasteiger charge is -2.14. The molecule has 21 heavy (non-hydrogen) atoms. The first-order valence-electron chi connectivity index (χ1n) is 7.73. The van der Waals surface area contributed by atoms with Crippen molar-refractivity contribution in [2.75, 3.05) is 6.61 Å². The van der Waals surface area contributed by atoms with Crippen molar-refractivity contribution >= 4 is 12.0 Å². The molecule has 116 valence electrons. The van der Waals surface area contributed by atoms with Gasteiger partial charge in [-0.15, -0.1) is 0 Å². The lowest BCUT2D eigenvalue weighted by atomic mass is 10.0. The Morgan fingerprint density at radius 1 is 1.29 bits per heavy atom. The molecule has 1 atom stereocenters. The summed E-state index contributed by atoms with van der Waals surface area (Å²) in [6, 6.07) is 8.47. The fraction of sp³-hybridized carbons (Fsp3) is 0.500. The van der Waals surface area contributed by atoms with Crippen LogP contribution in [0, 0.1) is 0 Å². The summed E-state index contributed by atoms with van der Waals surface area (Å²) in [6.45, 7) is 6.46. The Hall–Kier alpha value is -1.61. The summed E-state index contributed by atoms with van der Waals surface area (Å²) in [5.74, 6) is 0.539. The smallest absolute Gasteiger partial charge is 0.224 e. The molecule has 0 spiro atoms. The fourth-order valence-electron chi connectivity index (χ4n) is 2.11. The van der Waals surface area contributed by atoms with Crippen LogP contribution in [0.25, 0.3) is 6.08 Å². The van der Waals surface area contributed by atoms with Crippen molar-refractivity contribution in [1.82, 2.24) is 5.32 Å². The maximum absolute atomic E-state index is 11.8. The van der Waals surface area contributed by atoms with Crippen LogP contribution in [0.4, 0.5) is 0 Å². The molecule has 1 rings (SSSR count). The molecule has 0 saturated heterocycles. The number of carbonyl (C=O) groups excluding carboxylic acids is 1. The van der Waals surface area contributed by atoms with Gasteiger partial charge < -0.3 is 10.4 Å². The molecule has 0 fully saturated rings. The van der Waals surface area contributed by atoms with Crippen LogP contribution in [0.2, 0.25) is 0 Å². The van der Waals surface area contributed by atoms with Crippen LogP contribution >= 0.6 is 0 Å². The van der Waals surface area contributed by atoms with E-state index < -0.39 is 0 Å². The Morgan fingerprint density at radius 3 is 2.48 bits per heavy atom. The molecular formula is C18H27NO2. The fourth-order valence-corrected chi connectivity index (χ4v) is 2.11. The van der Waals surface area contributed by atoms with Crippen molar-refractivity contribution in [3.63, 3.8) is 0 Å². The molecule has 3 nitrogen and oxygen atoms in total. The molecule has 0 aliphatic heterocycles. The highest BCUT2D eigenvalue weighted by Crippen LogP contribution is 2.15. The van der Waals surface area contributed by atoms with Gasteiger partial charge in [0.05, 0.1) is 0 Å². The SMILES string of the molecule is CCC(CCO)NC(=O)C/C=C/c1ccc(C(C)C)cc1. The van der Waals surface area contributed by atoms with Gasteiger partial charge in [0.1, 0.15) is 0 Å². The van der Waals surface area contributed by atoms with Crippen molar-refractivity contribution in [3.8, 4) is 0 Å². The standard InChI is InChI=1S/C18H27NO2/c1-4-17(12-13-20)19-18(21)7-5-6-15-8-10-16(11-9-15)14(2)3/h5-6,8-11,14,17,20H,4,7,12-13H2,1-3H3,(H,19,21)/b6-5+. The summed E-state index contributed by atoms with van der Waals surface area (Å²) in [5.41, 5.74) is 2.43. The maximum Gasteiger partial charge on any atom is 0.224 e. The van der Waals surface area contributed by atoms with Crippen molar-refractivity contribution in [2.24, 2.45) is 0 Å². The number of rotatable bonds is 8. The van der Waals surface area contributed by atoms with Gasteiger partial charge in [0.15, 0.2) is 0 Å². The maximum atomic E-state index is 11.8. The summed E-state index contributed by atoms with van der Waals surface area (Å²) < 4.78 is 0. The van der Waals surface area contributed by atoms with Crippen LogP contribution in [-0.2, 0) is 4.79 Å². The lowest BCUT2D eigenvalue weighted by molar-refractivity contribution is -0.121. The van der Waals surface area contributed by atoms with Gasteiger partial charge in [0.2, 0.25) is 5.91 Å². The number of nitrogens with one attached hydrogen (secondary N) is 1. The predicted molar refractivity (Wildman–Crippen MR) is 88.1 cm³/mol. The van der Waals surface area contributed by atoms with Gasteiger partial charge in [0, 0.05) is 19.1 Å². The van der Waals surface area contributed by atoms with Gasteiger partial charge >= 0.3 is 0 Å². The van der Waals surface area contributed by atoms with Gasteiger partial charge in [-0.25, -0.2) is 0 Å². The van der Waals surface area contributed by atoms with Crippen molar-refractivity contribution in [3.05, 3.63) is 41.5 Å². The number of carbonyl (C=O) groups is 1. The second kappa shape index (κ2) is 9.35. The molecule has 1 aromatic carbocycles. The summed E-state index contributed by atoms with van der Waals surface area (Å²) >= 11 is 0. The second-order valence-corrected chi connectivity index (χ2v) is 5.61. The zero-order valence-corrected chi connectivity index (χ0v) is 13.3. The molecule has 2 N–H and O–H groups in total. The van der Waals surface area contributed by atoms with E-state index in [1.165, 1.54) is 5.56 Å². The quantitative estimate of drug-likeness (QED) is 0.769. The van der Waals surface area contributed by atoms with Crippen LogP contribution in [0.1, 0.15) is 57.1 Å². The Bertz CT molecular complexity index is 449. The van der Waals surface area contributed by atoms with E-state index in [-0.39, 0.29) is 18.6 Å². The normalized spacial score (nSPS) is 12.8.